The highest BCUT2D eigenvalue weighted by atomic mass is 79.9. The summed E-state index contributed by atoms with van der Waals surface area (Å²) in [6, 6.07) is 0. The van der Waals surface area contributed by atoms with Gasteiger partial charge in [0, 0.05) is 12.7 Å². The second-order valence-corrected chi connectivity index (χ2v) is 4.16. The molecular weight excluding hydrogens is 268 g/mol. The Morgan fingerprint density at radius 1 is 1.43 bits per heavy atom. The molecule has 0 saturated carbocycles. The quantitative estimate of drug-likeness (QED) is 0.638. The van der Waals surface area contributed by atoms with Crippen molar-refractivity contribution < 1.29 is 0 Å². The highest BCUT2D eigenvalue weighted by Gasteiger charge is 2.00. The van der Waals surface area contributed by atoms with Gasteiger partial charge in [-0.1, -0.05) is 0 Å². The first-order valence-corrected chi connectivity index (χ1v) is 5.68. The highest BCUT2D eigenvalue weighted by molar-refractivity contribution is 9.10. The molecule has 1 heterocycles. The van der Waals surface area contributed by atoms with Crippen molar-refractivity contribution in [2.24, 2.45) is 0 Å². The van der Waals surface area contributed by atoms with Crippen molar-refractivity contribution in [3.8, 4) is 0 Å². The lowest BCUT2D eigenvalue weighted by molar-refractivity contribution is 0.597. The third-order valence-electron chi connectivity index (χ3n) is 1.77. The van der Waals surface area contributed by atoms with Crippen LogP contribution >= 0.6 is 28.6 Å². The molecule has 0 fully saturated rings. The Bertz CT molecular complexity index is 413. The van der Waals surface area contributed by atoms with E-state index in [1.54, 1.807) is 0 Å². The van der Waals surface area contributed by atoms with Crippen LogP contribution < -0.4 is 11.2 Å². The number of aromatic amines is 1. The fourth-order valence-corrected chi connectivity index (χ4v) is 1.61. The van der Waals surface area contributed by atoms with Gasteiger partial charge in [-0.15, -0.1) is 0 Å². The molecule has 0 atom stereocenters. The molecule has 0 bridgehead atoms. The van der Waals surface area contributed by atoms with E-state index in [2.05, 4.69) is 33.5 Å². The zero-order valence-electron chi connectivity index (χ0n) is 7.49. The molecule has 6 heteroatoms. The van der Waals surface area contributed by atoms with E-state index in [0.717, 1.165) is 18.6 Å². The smallest absolute Gasteiger partial charge is 0.299 e. The van der Waals surface area contributed by atoms with Crippen LogP contribution in [0.1, 0.15) is 12.8 Å². The number of hydrogen-bond donors (Lipinski definition) is 2. The lowest BCUT2D eigenvalue weighted by Gasteiger charge is -2.03. The highest BCUT2D eigenvalue weighted by Crippen LogP contribution is 2.00. The van der Waals surface area contributed by atoms with Gasteiger partial charge in [-0.05, 0) is 34.5 Å². The summed E-state index contributed by atoms with van der Waals surface area (Å²) < 4.78 is 1.86. The number of thiol groups is 1. The van der Waals surface area contributed by atoms with Gasteiger partial charge >= 0.3 is 5.69 Å². The lowest BCUT2D eigenvalue weighted by Crippen LogP contribution is -2.29. The van der Waals surface area contributed by atoms with E-state index in [1.165, 1.54) is 10.8 Å². The summed E-state index contributed by atoms with van der Waals surface area (Å²) >= 11 is 7.15. The third-order valence-corrected chi connectivity index (χ3v) is 2.66. The maximum Gasteiger partial charge on any atom is 0.328 e. The third kappa shape index (κ3) is 3.02. The minimum Gasteiger partial charge on any atom is -0.299 e. The molecule has 0 radical (unpaired) electrons. The van der Waals surface area contributed by atoms with Crippen LogP contribution in [0.15, 0.2) is 20.3 Å². The van der Waals surface area contributed by atoms with Gasteiger partial charge in [-0.25, -0.2) is 4.79 Å². The number of halogens is 1. The largest absolute Gasteiger partial charge is 0.328 e. The van der Waals surface area contributed by atoms with Crippen LogP contribution in [0.5, 0.6) is 0 Å². The van der Waals surface area contributed by atoms with E-state index in [0.29, 0.717) is 11.0 Å². The first kappa shape index (κ1) is 11.6. The number of nitrogens with one attached hydrogen (secondary N) is 1. The van der Waals surface area contributed by atoms with Crippen molar-refractivity contribution in [1.29, 1.82) is 0 Å². The maximum atomic E-state index is 11.3. The summed E-state index contributed by atoms with van der Waals surface area (Å²) in [6.45, 7) is 0.606. The molecule has 4 nitrogen and oxygen atoms in total. The second kappa shape index (κ2) is 5.41. The minimum absolute atomic E-state index is 0.364. The van der Waals surface area contributed by atoms with Gasteiger partial charge in [0.15, 0.2) is 0 Å². The number of aromatic nitrogens is 2. The Labute approximate surface area is 94.9 Å². The molecule has 0 aromatic carbocycles. The predicted molar refractivity (Wildman–Crippen MR) is 62.1 cm³/mol. The molecule has 0 aliphatic rings. The molecule has 1 rings (SSSR count). The van der Waals surface area contributed by atoms with Crippen molar-refractivity contribution >= 4 is 28.6 Å². The zero-order chi connectivity index (χ0) is 10.6. The Hall–Kier alpha value is -0.490. The summed E-state index contributed by atoms with van der Waals surface area (Å²) in [6.07, 6.45) is 3.34. The van der Waals surface area contributed by atoms with Crippen LogP contribution in [-0.4, -0.2) is 15.3 Å². The Balaban J connectivity index is 2.82. The molecule has 0 spiro atoms. The van der Waals surface area contributed by atoms with Crippen LogP contribution in [-0.2, 0) is 6.54 Å². The molecule has 1 N–H and O–H groups in total. The number of H-pyrrole nitrogens is 1. The first-order valence-electron chi connectivity index (χ1n) is 4.25. The van der Waals surface area contributed by atoms with Crippen molar-refractivity contribution in [3.63, 3.8) is 0 Å². The molecule has 78 valence electrons. The number of rotatable bonds is 4. The van der Waals surface area contributed by atoms with Gasteiger partial charge in [-0.2, -0.15) is 12.6 Å². The molecule has 0 unspecified atom stereocenters. The maximum absolute atomic E-state index is 11.3. The fourth-order valence-electron chi connectivity index (χ4n) is 1.04. The Kier molecular flexibility index (Phi) is 4.47. The Morgan fingerprint density at radius 2 is 2.14 bits per heavy atom. The number of hydrogen-bond acceptors (Lipinski definition) is 3. The van der Waals surface area contributed by atoms with Crippen molar-refractivity contribution in [2.75, 3.05) is 5.75 Å². The zero-order valence-corrected chi connectivity index (χ0v) is 9.98. The standard InChI is InChI=1S/C8H11BrN2O2S/c9-6-5-11(3-1-2-4-14)8(13)10-7(6)12/h5,14H,1-4H2,(H,10,12,13). The summed E-state index contributed by atoms with van der Waals surface area (Å²) in [5.74, 6) is 0.805. The fraction of sp³-hybridized carbons (Fsp3) is 0.500. The molecule has 14 heavy (non-hydrogen) atoms. The first-order chi connectivity index (χ1) is 6.65. The SMILES string of the molecule is O=c1[nH]c(=O)n(CCCCS)cc1Br. The lowest BCUT2D eigenvalue weighted by atomic mass is 10.3. The topological polar surface area (TPSA) is 54.9 Å². The van der Waals surface area contributed by atoms with Crippen LogP contribution in [0.4, 0.5) is 0 Å². The number of aryl methyl sites for hydroxylation is 1. The van der Waals surface area contributed by atoms with Gasteiger partial charge < -0.3 is 0 Å². The monoisotopic (exact) mass is 278 g/mol. The van der Waals surface area contributed by atoms with E-state index >= 15 is 0 Å². The summed E-state index contributed by atoms with van der Waals surface area (Å²) in [7, 11) is 0. The van der Waals surface area contributed by atoms with Crippen LogP contribution in [0.25, 0.3) is 0 Å². The van der Waals surface area contributed by atoms with Crippen molar-refractivity contribution in [2.45, 2.75) is 19.4 Å². The molecule has 0 aliphatic carbocycles. The van der Waals surface area contributed by atoms with E-state index in [1.807, 2.05) is 0 Å². The minimum atomic E-state index is -0.388. The van der Waals surface area contributed by atoms with Gasteiger partial charge in [0.2, 0.25) is 0 Å². The Morgan fingerprint density at radius 3 is 2.79 bits per heavy atom. The molecule has 0 amide bonds. The second-order valence-electron chi connectivity index (χ2n) is 2.86. The van der Waals surface area contributed by atoms with E-state index in [4.69, 9.17) is 0 Å². The van der Waals surface area contributed by atoms with Gasteiger partial charge in [0.25, 0.3) is 5.56 Å². The molecular formula is C8H11BrN2O2S. The van der Waals surface area contributed by atoms with Gasteiger partial charge in [0.05, 0.1) is 4.47 Å². The molecule has 1 aromatic heterocycles. The number of unbranched alkanes of at least 4 members (excludes halogenated alkanes) is 1. The average Bonchev–Trinajstić information content (AvgIpc) is 2.14. The van der Waals surface area contributed by atoms with E-state index < -0.39 is 0 Å². The van der Waals surface area contributed by atoms with E-state index in [-0.39, 0.29) is 11.2 Å². The van der Waals surface area contributed by atoms with Gasteiger partial charge in [-0.3, -0.25) is 14.3 Å². The van der Waals surface area contributed by atoms with E-state index in [9.17, 15) is 9.59 Å². The summed E-state index contributed by atoms with van der Waals surface area (Å²) in [5.41, 5.74) is -0.752. The van der Waals surface area contributed by atoms with Crippen LogP contribution in [0.2, 0.25) is 0 Å². The molecule has 0 aliphatic heterocycles. The summed E-state index contributed by atoms with van der Waals surface area (Å²) in [4.78, 5) is 24.5. The van der Waals surface area contributed by atoms with Gasteiger partial charge in [0.1, 0.15) is 0 Å². The predicted octanol–water partition coefficient (Wildman–Crippen LogP) is 1.01. The molecule has 1 aromatic rings. The van der Waals surface area contributed by atoms with Crippen LogP contribution in [0, 0.1) is 0 Å². The number of nitrogens with zero attached hydrogens (tertiary/aromatic N) is 1. The van der Waals surface area contributed by atoms with Crippen molar-refractivity contribution in [1.82, 2.24) is 9.55 Å². The average molecular weight is 279 g/mol. The van der Waals surface area contributed by atoms with Crippen molar-refractivity contribution in [3.05, 3.63) is 31.5 Å². The summed E-state index contributed by atoms with van der Waals surface area (Å²) in [5, 5.41) is 0. The normalized spacial score (nSPS) is 10.4. The van der Waals surface area contributed by atoms with Crippen LogP contribution in [0.3, 0.4) is 0 Å². The molecule has 0 saturated heterocycles.